The molecule has 2 aliphatic rings. The summed E-state index contributed by atoms with van der Waals surface area (Å²) in [6, 6.07) is 1.76. The van der Waals surface area contributed by atoms with Crippen molar-refractivity contribution >= 4 is 28.9 Å². The molecule has 0 atom stereocenters. The number of nitrogens with zero attached hydrogens (tertiary/aromatic N) is 1. The van der Waals surface area contributed by atoms with Crippen LogP contribution in [0, 0.1) is 29.6 Å². The number of thiophene rings is 1. The Kier molecular flexibility index (Phi) is 9.37. The highest BCUT2D eigenvalue weighted by Gasteiger charge is 2.37. The average Bonchev–Trinajstić information content (AvgIpc) is 3.22. The highest BCUT2D eigenvalue weighted by atomic mass is 32.1. The first-order valence-corrected chi connectivity index (χ1v) is 13.1. The van der Waals surface area contributed by atoms with Gasteiger partial charge in [0.25, 0.3) is 0 Å². The van der Waals surface area contributed by atoms with E-state index in [9.17, 15) is 14.7 Å². The first-order chi connectivity index (χ1) is 15.8. The summed E-state index contributed by atoms with van der Waals surface area (Å²) in [5, 5.41) is 19.0. The SMILES string of the molecule is CC(C)C#Cc1cc(N(C(=O)[C@H]2CC[C@H](C)CC2)[C@H]2CC[C@H](OCCO)CC2)c(C(=O)O)s1. The molecular formula is C26H37NO5S. The van der Waals surface area contributed by atoms with Gasteiger partial charge in [-0.25, -0.2) is 4.79 Å². The van der Waals surface area contributed by atoms with Crippen molar-refractivity contribution in [3.05, 3.63) is 15.8 Å². The third kappa shape index (κ3) is 6.81. The molecule has 33 heavy (non-hydrogen) atoms. The summed E-state index contributed by atoms with van der Waals surface area (Å²) >= 11 is 1.16. The van der Waals surface area contributed by atoms with Crippen molar-refractivity contribution in [1.82, 2.24) is 0 Å². The van der Waals surface area contributed by atoms with Crippen LogP contribution in [0.5, 0.6) is 0 Å². The fraction of sp³-hybridized carbons (Fsp3) is 0.692. The van der Waals surface area contributed by atoms with Crippen LogP contribution in [-0.2, 0) is 9.53 Å². The van der Waals surface area contributed by atoms with Gasteiger partial charge >= 0.3 is 5.97 Å². The van der Waals surface area contributed by atoms with Gasteiger partial charge in [-0.05, 0) is 63.4 Å². The second-order valence-electron chi connectivity index (χ2n) is 9.74. The normalized spacial score (nSPS) is 25.4. The van der Waals surface area contributed by atoms with E-state index in [4.69, 9.17) is 9.84 Å². The lowest BCUT2D eigenvalue weighted by molar-refractivity contribution is -0.124. The quantitative estimate of drug-likeness (QED) is 0.546. The van der Waals surface area contributed by atoms with Gasteiger partial charge in [-0.15, -0.1) is 11.3 Å². The number of carboxylic acids is 1. The molecule has 0 aromatic carbocycles. The summed E-state index contributed by atoms with van der Waals surface area (Å²) in [6.07, 6.45) is 6.97. The molecule has 2 N–H and O–H groups in total. The van der Waals surface area contributed by atoms with E-state index in [1.54, 1.807) is 6.07 Å². The van der Waals surface area contributed by atoms with E-state index in [2.05, 4.69) is 18.8 Å². The Labute approximate surface area is 201 Å². The lowest BCUT2D eigenvalue weighted by Gasteiger charge is -2.39. The topological polar surface area (TPSA) is 87.1 Å². The number of hydrogen-bond acceptors (Lipinski definition) is 5. The number of amides is 1. The summed E-state index contributed by atoms with van der Waals surface area (Å²) < 4.78 is 5.71. The van der Waals surface area contributed by atoms with Crippen molar-refractivity contribution in [3.8, 4) is 11.8 Å². The lowest BCUT2D eigenvalue weighted by Crippen LogP contribution is -2.47. The van der Waals surface area contributed by atoms with Crippen LogP contribution in [0.2, 0.25) is 0 Å². The number of aliphatic hydroxyl groups is 1. The highest BCUT2D eigenvalue weighted by Crippen LogP contribution is 2.39. The Morgan fingerprint density at radius 1 is 1.15 bits per heavy atom. The van der Waals surface area contributed by atoms with Gasteiger partial charge in [0, 0.05) is 17.9 Å². The Bertz CT molecular complexity index is 867. The first kappa shape index (κ1) is 25.7. The van der Waals surface area contributed by atoms with E-state index in [0.29, 0.717) is 23.1 Å². The van der Waals surface area contributed by atoms with Crippen LogP contribution in [0.4, 0.5) is 5.69 Å². The maximum absolute atomic E-state index is 13.8. The average molecular weight is 476 g/mol. The van der Waals surface area contributed by atoms with Crippen LogP contribution in [0.15, 0.2) is 6.07 Å². The molecule has 1 heterocycles. The maximum atomic E-state index is 13.8. The van der Waals surface area contributed by atoms with Crippen molar-refractivity contribution in [2.24, 2.45) is 17.8 Å². The molecule has 0 saturated heterocycles. The summed E-state index contributed by atoms with van der Waals surface area (Å²) in [4.78, 5) is 28.7. The second kappa shape index (κ2) is 12.0. The van der Waals surface area contributed by atoms with Crippen molar-refractivity contribution in [2.75, 3.05) is 18.1 Å². The minimum absolute atomic E-state index is 0.00169. The molecule has 1 amide bonds. The third-order valence-electron chi connectivity index (χ3n) is 6.71. The number of rotatable bonds is 7. The zero-order valence-electron chi connectivity index (χ0n) is 20.0. The van der Waals surface area contributed by atoms with E-state index in [1.165, 1.54) is 0 Å². The zero-order valence-corrected chi connectivity index (χ0v) is 20.8. The molecule has 1 aromatic rings. The number of carbonyl (C=O) groups excluding carboxylic acids is 1. The number of ether oxygens (including phenoxy) is 1. The largest absolute Gasteiger partial charge is 0.477 e. The number of carbonyl (C=O) groups is 2. The molecule has 0 radical (unpaired) electrons. The summed E-state index contributed by atoms with van der Waals surface area (Å²) in [5.74, 6) is 6.01. The minimum atomic E-state index is -1.01. The summed E-state index contributed by atoms with van der Waals surface area (Å²) in [7, 11) is 0. The van der Waals surface area contributed by atoms with E-state index in [-0.39, 0.29) is 41.4 Å². The van der Waals surface area contributed by atoms with Gasteiger partial charge in [0.2, 0.25) is 5.91 Å². The van der Waals surface area contributed by atoms with Gasteiger partial charge in [0.1, 0.15) is 4.88 Å². The second-order valence-corrected chi connectivity index (χ2v) is 10.8. The van der Waals surface area contributed by atoms with Gasteiger partial charge in [-0.3, -0.25) is 4.79 Å². The van der Waals surface area contributed by atoms with Gasteiger partial charge in [-0.2, -0.15) is 0 Å². The molecule has 0 aliphatic heterocycles. The van der Waals surface area contributed by atoms with Crippen LogP contribution in [-0.4, -0.2) is 47.4 Å². The third-order valence-corrected chi connectivity index (χ3v) is 7.73. The van der Waals surface area contributed by atoms with Crippen molar-refractivity contribution in [3.63, 3.8) is 0 Å². The first-order valence-electron chi connectivity index (χ1n) is 12.2. The summed E-state index contributed by atoms with van der Waals surface area (Å²) in [5.41, 5.74) is 0.504. The standard InChI is InChI=1S/C26H37NO5S/c1-17(2)4-13-22-16-23(24(33-22)26(30)31)27(25(29)19-7-5-18(3)6-8-19)20-9-11-21(12-10-20)32-15-14-28/h16-21,28H,5-12,14-15H2,1-3H3,(H,30,31)/t18-,19-,20-,21-. The van der Waals surface area contributed by atoms with E-state index < -0.39 is 5.97 Å². The van der Waals surface area contributed by atoms with Gasteiger partial charge in [0.15, 0.2) is 0 Å². The number of hydrogen-bond donors (Lipinski definition) is 2. The number of carboxylic acid groups (broad SMARTS) is 1. The number of anilines is 1. The molecule has 2 aliphatic carbocycles. The maximum Gasteiger partial charge on any atom is 0.348 e. The Morgan fingerprint density at radius 2 is 1.82 bits per heavy atom. The van der Waals surface area contributed by atoms with Crippen LogP contribution >= 0.6 is 11.3 Å². The fourth-order valence-electron chi connectivity index (χ4n) is 4.88. The molecule has 1 aromatic heterocycles. The Balaban J connectivity index is 1.91. The number of aliphatic hydroxyl groups excluding tert-OH is 1. The van der Waals surface area contributed by atoms with Crippen LogP contribution in [0.1, 0.15) is 86.7 Å². The van der Waals surface area contributed by atoms with Crippen LogP contribution in [0.3, 0.4) is 0 Å². The Hall–Kier alpha value is -1.88. The van der Waals surface area contributed by atoms with Gasteiger partial charge in [-0.1, -0.05) is 32.6 Å². The summed E-state index contributed by atoms with van der Waals surface area (Å²) in [6.45, 7) is 6.55. The molecule has 2 fully saturated rings. The van der Waals surface area contributed by atoms with Crippen LogP contribution in [0.25, 0.3) is 0 Å². The van der Waals surface area contributed by atoms with Crippen molar-refractivity contribution in [2.45, 2.75) is 84.3 Å². The molecular weight excluding hydrogens is 438 g/mol. The van der Waals surface area contributed by atoms with Crippen molar-refractivity contribution < 1.29 is 24.5 Å². The highest BCUT2D eigenvalue weighted by molar-refractivity contribution is 7.15. The van der Waals surface area contributed by atoms with Gasteiger partial charge < -0.3 is 19.8 Å². The monoisotopic (exact) mass is 475 g/mol. The molecule has 7 heteroatoms. The lowest BCUT2D eigenvalue weighted by atomic mass is 9.81. The molecule has 0 spiro atoms. The van der Waals surface area contributed by atoms with E-state index in [0.717, 1.165) is 62.7 Å². The number of aromatic carboxylic acids is 1. The molecule has 2 saturated carbocycles. The molecule has 0 unspecified atom stereocenters. The molecule has 182 valence electrons. The Morgan fingerprint density at radius 3 is 2.39 bits per heavy atom. The van der Waals surface area contributed by atoms with E-state index >= 15 is 0 Å². The van der Waals surface area contributed by atoms with Crippen LogP contribution < -0.4 is 4.90 Å². The smallest absolute Gasteiger partial charge is 0.348 e. The minimum Gasteiger partial charge on any atom is -0.477 e. The predicted octanol–water partition coefficient (Wildman–Crippen LogP) is 4.93. The predicted molar refractivity (Wildman–Crippen MR) is 131 cm³/mol. The fourth-order valence-corrected chi connectivity index (χ4v) is 5.73. The zero-order chi connectivity index (χ0) is 24.0. The van der Waals surface area contributed by atoms with Crippen molar-refractivity contribution in [1.29, 1.82) is 0 Å². The van der Waals surface area contributed by atoms with E-state index in [1.807, 2.05) is 18.7 Å². The molecule has 0 bridgehead atoms. The van der Waals surface area contributed by atoms with Gasteiger partial charge in [0.05, 0.1) is 29.9 Å². The molecule has 3 rings (SSSR count). The molecule has 6 nitrogen and oxygen atoms in total.